The number of carbonyl (C=O) groups is 1. The summed E-state index contributed by atoms with van der Waals surface area (Å²) < 4.78 is 11.8. The van der Waals surface area contributed by atoms with E-state index < -0.39 is 6.67 Å². The van der Waals surface area contributed by atoms with Crippen LogP contribution in [0.25, 0.3) is 0 Å². The zero-order valence-electron chi connectivity index (χ0n) is 5.19. The van der Waals surface area contributed by atoms with Crippen molar-refractivity contribution >= 4 is 5.91 Å². The number of rotatable bonds is 1. The summed E-state index contributed by atoms with van der Waals surface area (Å²) in [6, 6.07) is -0.203. The van der Waals surface area contributed by atoms with Crippen molar-refractivity contribution in [3.63, 3.8) is 0 Å². The zero-order valence-corrected chi connectivity index (χ0v) is 5.19. The van der Waals surface area contributed by atoms with Crippen molar-refractivity contribution < 1.29 is 9.18 Å². The summed E-state index contributed by atoms with van der Waals surface area (Å²) in [5.41, 5.74) is 0. The number of nitrogens with one attached hydrogen (secondary N) is 1. The number of hydrogen-bond donors (Lipinski definition) is 1. The summed E-state index contributed by atoms with van der Waals surface area (Å²) in [5.74, 6) is -0.0103. The van der Waals surface area contributed by atoms with Crippen molar-refractivity contribution in [3.05, 3.63) is 0 Å². The topological polar surface area (TPSA) is 29.1 Å². The molecular weight excluding hydrogens is 121 g/mol. The lowest BCUT2D eigenvalue weighted by molar-refractivity contribution is -0.123. The smallest absolute Gasteiger partial charge is 0.220 e. The number of alkyl halides is 1. The summed E-state index contributed by atoms with van der Waals surface area (Å²) in [6.45, 7) is -0.425. The van der Waals surface area contributed by atoms with Crippen LogP contribution >= 0.6 is 0 Å². The van der Waals surface area contributed by atoms with Gasteiger partial charge in [0.1, 0.15) is 6.67 Å². The SMILES string of the molecule is O=C1CCCC(CF)N1. The van der Waals surface area contributed by atoms with Crippen molar-refractivity contribution in [2.45, 2.75) is 25.3 Å². The van der Waals surface area contributed by atoms with E-state index in [1.165, 1.54) is 0 Å². The third-order valence-electron chi connectivity index (χ3n) is 1.51. The molecule has 0 radical (unpaired) electrons. The second-order valence-electron chi connectivity index (χ2n) is 2.31. The summed E-state index contributed by atoms with van der Waals surface area (Å²) >= 11 is 0. The molecule has 1 saturated heterocycles. The Morgan fingerprint density at radius 1 is 1.78 bits per heavy atom. The lowest BCUT2D eigenvalue weighted by atomic mass is 10.1. The number of carbonyl (C=O) groups excluding carboxylic acids is 1. The van der Waals surface area contributed by atoms with Gasteiger partial charge in [-0.05, 0) is 12.8 Å². The molecule has 0 aromatic rings. The van der Waals surface area contributed by atoms with E-state index >= 15 is 0 Å². The fourth-order valence-corrected chi connectivity index (χ4v) is 0.997. The van der Waals surface area contributed by atoms with Crippen LogP contribution in [0.4, 0.5) is 4.39 Å². The van der Waals surface area contributed by atoms with Crippen molar-refractivity contribution in [3.8, 4) is 0 Å². The van der Waals surface area contributed by atoms with Gasteiger partial charge in [-0.25, -0.2) is 4.39 Å². The second-order valence-corrected chi connectivity index (χ2v) is 2.31. The minimum atomic E-state index is -0.425. The predicted octanol–water partition coefficient (Wildman–Crippen LogP) is 0.625. The molecule has 1 N–H and O–H groups in total. The van der Waals surface area contributed by atoms with Crippen LogP contribution in [0.5, 0.6) is 0 Å². The van der Waals surface area contributed by atoms with Crippen molar-refractivity contribution in [1.29, 1.82) is 0 Å². The lowest BCUT2D eigenvalue weighted by Gasteiger charge is -2.19. The molecule has 1 aliphatic rings. The van der Waals surface area contributed by atoms with Gasteiger partial charge in [0.15, 0.2) is 0 Å². The Hall–Kier alpha value is -0.600. The van der Waals surface area contributed by atoms with E-state index in [1.54, 1.807) is 0 Å². The van der Waals surface area contributed by atoms with Gasteiger partial charge in [-0.2, -0.15) is 0 Å². The molecule has 3 heteroatoms. The molecule has 0 aromatic carbocycles. The molecule has 1 amide bonds. The largest absolute Gasteiger partial charge is 0.351 e. The highest BCUT2D eigenvalue weighted by Crippen LogP contribution is 2.07. The average Bonchev–Trinajstić information content (AvgIpc) is 1.88. The molecule has 1 heterocycles. The fraction of sp³-hybridized carbons (Fsp3) is 0.833. The summed E-state index contributed by atoms with van der Waals surface area (Å²) in [4.78, 5) is 10.6. The number of halogens is 1. The van der Waals surface area contributed by atoms with E-state index in [0.717, 1.165) is 12.8 Å². The average molecular weight is 131 g/mol. The Morgan fingerprint density at radius 2 is 2.56 bits per heavy atom. The van der Waals surface area contributed by atoms with Gasteiger partial charge in [-0.3, -0.25) is 4.79 Å². The molecule has 0 spiro atoms. The van der Waals surface area contributed by atoms with Gasteiger partial charge < -0.3 is 5.32 Å². The van der Waals surface area contributed by atoms with Crippen LogP contribution in [0.15, 0.2) is 0 Å². The molecule has 1 fully saturated rings. The van der Waals surface area contributed by atoms with Crippen LogP contribution in [0.2, 0.25) is 0 Å². The highest BCUT2D eigenvalue weighted by Gasteiger charge is 2.16. The molecule has 0 aromatic heterocycles. The predicted molar refractivity (Wildman–Crippen MR) is 31.8 cm³/mol. The fourth-order valence-electron chi connectivity index (χ4n) is 0.997. The van der Waals surface area contributed by atoms with E-state index in [4.69, 9.17) is 0 Å². The molecule has 0 saturated carbocycles. The van der Waals surface area contributed by atoms with Gasteiger partial charge in [0, 0.05) is 6.42 Å². The van der Waals surface area contributed by atoms with Gasteiger partial charge in [-0.15, -0.1) is 0 Å². The first-order chi connectivity index (χ1) is 4.33. The second kappa shape index (κ2) is 2.80. The normalized spacial score (nSPS) is 27.7. The highest BCUT2D eigenvalue weighted by molar-refractivity contribution is 5.76. The maximum absolute atomic E-state index is 11.8. The molecule has 0 aliphatic carbocycles. The third-order valence-corrected chi connectivity index (χ3v) is 1.51. The maximum atomic E-state index is 11.8. The maximum Gasteiger partial charge on any atom is 0.220 e. The first-order valence-electron chi connectivity index (χ1n) is 3.18. The number of hydrogen-bond acceptors (Lipinski definition) is 1. The van der Waals surface area contributed by atoms with Gasteiger partial charge >= 0.3 is 0 Å². The minimum absolute atomic E-state index is 0.0103. The molecule has 1 atom stereocenters. The van der Waals surface area contributed by atoms with E-state index in [0.29, 0.717) is 6.42 Å². The van der Waals surface area contributed by atoms with Gasteiger partial charge in [0.05, 0.1) is 6.04 Å². The minimum Gasteiger partial charge on any atom is -0.351 e. The quantitative estimate of drug-likeness (QED) is 0.555. The van der Waals surface area contributed by atoms with Crippen LogP contribution in [0, 0.1) is 0 Å². The number of amides is 1. The molecule has 1 rings (SSSR count). The van der Waals surface area contributed by atoms with Gasteiger partial charge in [-0.1, -0.05) is 0 Å². The number of piperidine rings is 1. The van der Waals surface area contributed by atoms with Gasteiger partial charge in [0.2, 0.25) is 5.91 Å². The van der Waals surface area contributed by atoms with Crippen LogP contribution in [0.3, 0.4) is 0 Å². The lowest BCUT2D eigenvalue weighted by Crippen LogP contribution is -2.39. The Bertz CT molecular complexity index is 116. The van der Waals surface area contributed by atoms with E-state index in [-0.39, 0.29) is 11.9 Å². The Morgan fingerprint density at radius 3 is 3.00 bits per heavy atom. The highest BCUT2D eigenvalue weighted by atomic mass is 19.1. The summed E-state index contributed by atoms with van der Waals surface area (Å²) in [7, 11) is 0. The Labute approximate surface area is 53.4 Å². The van der Waals surface area contributed by atoms with Crippen molar-refractivity contribution in [2.24, 2.45) is 0 Å². The summed E-state index contributed by atoms with van der Waals surface area (Å²) in [6.07, 6.45) is 2.19. The molecule has 2 nitrogen and oxygen atoms in total. The van der Waals surface area contributed by atoms with Crippen LogP contribution in [0.1, 0.15) is 19.3 Å². The Balaban J connectivity index is 2.32. The molecule has 1 unspecified atom stereocenters. The van der Waals surface area contributed by atoms with E-state index in [2.05, 4.69) is 5.32 Å². The molecular formula is C6H10FNO. The first kappa shape index (κ1) is 6.52. The Kier molecular flexibility index (Phi) is 2.03. The zero-order chi connectivity index (χ0) is 6.69. The molecule has 1 aliphatic heterocycles. The monoisotopic (exact) mass is 131 g/mol. The van der Waals surface area contributed by atoms with Crippen LogP contribution in [-0.4, -0.2) is 18.6 Å². The van der Waals surface area contributed by atoms with Crippen molar-refractivity contribution in [2.75, 3.05) is 6.67 Å². The molecule has 52 valence electrons. The van der Waals surface area contributed by atoms with Crippen LogP contribution in [-0.2, 0) is 4.79 Å². The first-order valence-corrected chi connectivity index (χ1v) is 3.18. The molecule has 0 bridgehead atoms. The van der Waals surface area contributed by atoms with Crippen LogP contribution < -0.4 is 5.32 Å². The third kappa shape index (κ3) is 1.66. The standard InChI is InChI=1S/C6H10FNO/c7-4-5-2-1-3-6(9)8-5/h5H,1-4H2,(H,8,9). The molecule has 9 heavy (non-hydrogen) atoms. The van der Waals surface area contributed by atoms with E-state index in [1.807, 2.05) is 0 Å². The summed E-state index contributed by atoms with van der Waals surface area (Å²) in [5, 5.41) is 2.55. The van der Waals surface area contributed by atoms with Gasteiger partial charge in [0.25, 0.3) is 0 Å². The van der Waals surface area contributed by atoms with Crippen molar-refractivity contribution in [1.82, 2.24) is 5.32 Å². The van der Waals surface area contributed by atoms with E-state index in [9.17, 15) is 9.18 Å².